The van der Waals surface area contributed by atoms with E-state index in [1.54, 1.807) is 0 Å². The average molecular weight is 725 g/mol. The Balaban J connectivity index is -0.000000838. The summed E-state index contributed by atoms with van der Waals surface area (Å²) in [5, 5.41) is 0. The van der Waals surface area contributed by atoms with Gasteiger partial charge in [-0.25, -0.2) is 0 Å². The van der Waals surface area contributed by atoms with Crippen LogP contribution in [0.5, 0.6) is 0 Å². The van der Waals surface area contributed by atoms with Crippen molar-refractivity contribution < 1.29 is 9.59 Å². The van der Waals surface area contributed by atoms with Crippen LogP contribution in [0.1, 0.15) is 271 Å². The molecule has 0 saturated heterocycles. The van der Waals surface area contributed by atoms with E-state index in [9.17, 15) is 9.59 Å². The number of hydrogen-bond acceptors (Lipinski definition) is 4. The number of hydrogen-bond donors (Lipinski definition) is 4. The van der Waals surface area contributed by atoms with Gasteiger partial charge in [0.15, 0.2) is 0 Å². The van der Waals surface area contributed by atoms with Crippen LogP contribution in [0.3, 0.4) is 0 Å². The summed E-state index contributed by atoms with van der Waals surface area (Å²) < 4.78 is 0. The summed E-state index contributed by atoms with van der Waals surface area (Å²) in [6, 6.07) is 0. The third kappa shape index (κ3) is 64.3. The van der Waals surface area contributed by atoms with Crippen molar-refractivity contribution in [3.63, 3.8) is 0 Å². The van der Waals surface area contributed by atoms with Crippen molar-refractivity contribution in [3.8, 4) is 0 Å². The Morgan fingerprint density at radius 3 is 0.510 bits per heavy atom. The zero-order valence-corrected chi connectivity index (χ0v) is 35.1. The van der Waals surface area contributed by atoms with Gasteiger partial charge in [-0.15, -0.1) is 0 Å². The summed E-state index contributed by atoms with van der Waals surface area (Å²) >= 11 is 0. The molecule has 8 N–H and O–H groups in total. The molecule has 0 unspecified atom stereocenters. The molecule has 2 amide bonds. The fraction of sp³-hybridized carbons (Fsp3) is 0.956. The molecule has 0 aromatic rings. The Bertz CT molecular complexity index is 579. The van der Waals surface area contributed by atoms with Gasteiger partial charge in [-0.3, -0.25) is 9.59 Å². The smallest absolute Gasteiger partial charge is 0.217 e. The molecule has 0 bridgehead atoms. The maximum absolute atomic E-state index is 10.6. The largest absolute Gasteiger partial charge is 0.370 e. The highest BCUT2D eigenvalue weighted by Gasteiger charge is 1.98. The fourth-order valence-electron chi connectivity index (χ4n) is 6.76. The SMILES string of the molecule is CCCCCCCCCCCCCCCCCCCCCC(N)=O.CCCCCCCCCCCCCCCCCCCCCC(N)=O.NCN. The van der Waals surface area contributed by atoms with Crippen molar-refractivity contribution in [3.05, 3.63) is 0 Å². The Hall–Kier alpha value is -1.14. The molecular formula is C45H96N4O2. The van der Waals surface area contributed by atoms with E-state index in [4.69, 9.17) is 11.5 Å². The zero-order valence-electron chi connectivity index (χ0n) is 35.1. The second kappa shape index (κ2) is 53.2. The number of unbranched alkanes of at least 4 members (excludes halogenated alkanes) is 36. The second-order valence-corrected chi connectivity index (χ2v) is 15.4. The molecule has 0 saturated carbocycles. The maximum Gasteiger partial charge on any atom is 0.217 e. The normalized spacial score (nSPS) is 10.7. The monoisotopic (exact) mass is 725 g/mol. The molecular weight excluding hydrogens is 629 g/mol. The van der Waals surface area contributed by atoms with Crippen LogP contribution in [0.2, 0.25) is 0 Å². The molecule has 6 heteroatoms. The maximum atomic E-state index is 10.6. The zero-order chi connectivity index (χ0) is 38.1. The van der Waals surface area contributed by atoms with Crippen LogP contribution in [-0.4, -0.2) is 18.5 Å². The molecule has 0 aromatic carbocycles. The van der Waals surface area contributed by atoms with Crippen LogP contribution in [0, 0.1) is 0 Å². The summed E-state index contributed by atoms with van der Waals surface area (Å²) in [6.45, 7) is 4.82. The molecule has 0 aliphatic carbocycles. The minimum absolute atomic E-state index is 0.151. The van der Waals surface area contributed by atoms with Crippen LogP contribution in [0.4, 0.5) is 0 Å². The van der Waals surface area contributed by atoms with Crippen molar-refractivity contribution in [2.75, 3.05) is 6.67 Å². The van der Waals surface area contributed by atoms with E-state index in [0.717, 1.165) is 12.8 Å². The minimum atomic E-state index is -0.151. The van der Waals surface area contributed by atoms with E-state index >= 15 is 0 Å². The number of primary amides is 2. The van der Waals surface area contributed by atoms with Gasteiger partial charge in [-0.05, 0) is 12.8 Å². The number of nitrogens with two attached hydrogens (primary N) is 4. The molecule has 0 fully saturated rings. The van der Waals surface area contributed by atoms with Crippen LogP contribution in [0.15, 0.2) is 0 Å². The number of carbonyl (C=O) groups is 2. The van der Waals surface area contributed by atoms with Gasteiger partial charge in [0.1, 0.15) is 0 Å². The standard InChI is InChI=1S/2C22H45NO.CH6N2/c2*1-2-3-4-5-6-7-8-9-10-11-12-13-14-15-16-17-18-19-20-21-22(23)24;2-1-3/h2*2-21H2,1H3,(H2,23,24);1-3H2. The van der Waals surface area contributed by atoms with E-state index in [-0.39, 0.29) is 18.5 Å². The predicted octanol–water partition coefficient (Wildman–Crippen LogP) is 13.4. The lowest BCUT2D eigenvalue weighted by atomic mass is 10.0. The molecule has 0 radical (unpaired) electrons. The van der Waals surface area contributed by atoms with Gasteiger partial charge in [0.25, 0.3) is 0 Å². The van der Waals surface area contributed by atoms with E-state index in [1.807, 2.05) is 0 Å². The summed E-state index contributed by atoms with van der Waals surface area (Å²) in [4.78, 5) is 21.2. The lowest BCUT2D eigenvalue weighted by Gasteiger charge is -2.03. The van der Waals surface area contributed by atoms with Crippen molar-refractivity contribution in [1.29, 1.82) is 0 Å². The molecule has 0 heterocycles. The number of rotatable bonds is 40. The molecule has 308 valence electrons. The summed E-state index contributed by atoms with van der Waals surface area (Å²) in [5.74, 6) is -0.302. The molecule has 0 aliphatic rings. The van der Waals surface area contributed by atoms with Gasteiger partial charge >= 0.3 is 0 Å². The highest BCUT2D eigenvalue weighted by atomic mass is 16.1. The van der Waals surface area contributed by atoms with Crippen LogP contribution < -0.4 is 22.9 Å². The average Bonchev–Trinajstić information content (AvgIpc) is 3.10. The lowest BCUT2D eigenvalue weighted by molar-refractivity contribution is -0.119. The molecule has 0 rings (SSSR count). The van der Waals surface area contributed by atoms with Gasteiger partial charge in [-0.1, -0.05) is 245 Å². The Labute approximate surface area is 320 Å². The number of amides is 2. The van der Waals surface area contributed by atoms with E-state index in [2.05, 4.69) is 25.3 Å². The van der Waals surface area contributed by atoms with Crippen LogP contribution >= 0.6 is 0 Å². The Morgan fingerprint density at radius 1 is 0.275 bits per heavy atom. The third-order valence-corrected chi connectivity index (χ3v) is 10.1. The summed E-state index contributed by atoms with van der Waals surface area (Å²) in [7, 11) is 0. The van der Waals surface area contributed by atoms with Gasteiger partial charge in [0.05, 0.1) is 0 Å². The van der Waals surface area contributed by atoms with Crippen molar-refractivity contribution in [1.82, 2.24) is 0 Å². The topological polar surface area (TPSA) is 138 Å². The van der Waals surface area contributed by atoms with Crippen LogP contribution in [-0.2, 0) is 9.59 Å². The molecule has 6 nitrogen and oxygen atoms in total. The second-order valence-electron chi connectivity index (χ2n) is 15.4. The molecule has 0 aliphatic heterocycles. The van der Waals surface area contributed by atoms with Crippen LogP contribution in [0.25, 0.3) is 0 Å². The third-order valence-electron chi connectivity index (χ3n) is 10.1. The first-order chi connectivity index (χ1) is 25.0. The highest BCUT2D eigenvalue weighted by Crippen LogP contribution is 2.16. The summed E-state index contributed by atoms with van der Waals surface area (Å²) in [5.41, 5.74) is 19.5. The first-order valence-electron chi connectivity index (χ1n) is 22.9. The first-order valence-corrected chi connectivity index (χ1v) is 22.9. The molecule has 51 heavy (non-hydrogen) atoms. The Morgan fingerprint density at radius 2 is 0.392 bits per heavy atom. The minimum Gasteiger partial charge on any atom is -0.370 e. The fourth-order valence-corrected chi connectivity index (χ4v) is 6.76. The van der Waals surface area contributed by atoms with Gasteiger partial charge in [0.2, 0.25) is 11.8 Å². The van der Waals surface area contributed by atoms with E-state index in [1.165, 1.54) is 231 Å². The lowest BCUT2D eigenvalue weighted by Crippen LogP contribution is -2.09. The molecule has 0 spiro atoms. The highest BCUT2D eigenvalue weighted by molar-refractivity contribution is 5.73. The first kappa shape index (κ1) is 54.2. The molecule has 0 atom stereocenters. The van der Waals surface area contributed by atoms with Gasteiger partial charge in [0, 0.05) is 19.5 Å². The van der Waals surface area contributed by atoms with Crippen molar-refractivity contribution >= 4 is 11.8 Å². The quantitative estimate of drug-likeness (QED) is 0.0369. The predicted molar refractivity (Wildman–Crippen MR) is 228 cm³/mol. The number of carbonyl (C=O) groups excluding carboxylic acids is 2. The summed E-state index contributed by atoms with van der Waals surface area (Å²) in [6.07, 6.45) is 53.6. The molecule has 0 aromatic heterocycles. The van der Waals surface area contributed by atoms with Gasteiger partial charge in [-0.2, -0.15) is 0 Å². The van der Waals surface area contributed by atoms with Gasteiger partial charge < -0.3 is 22.9 Å². The van der Waals surface area contributed by atoms with Crippen molar-refractivity contribution in [2.45, 2.75) is 271 Å². The Kier molecular flexibility index (Phi) is 56.6. The van der Waals surface area contributed by atoms with E-state index in [0.29, 0.717) is 12.8 Å². The van der Waals surface area contributed by atoms with E-state index < -0.39 is 0 Å². The van der Waals surface area contributed by atoms with Crippen molar-refractivity contribution in [2.24, 2.45) is 22.9 Å².